The summed E-state index contributed by atoms with van der Waals surface area (Å²) in [5, 5.41) is 6.54. The van der Waals surface area contributed by atoms with Crippen molar-refractivity contribution >= 4 is 5.91 Å². The molecule has 1 fully saturated rings. The minimum atomic E-state index is -0.371. The van der Waals surface area contributed by atoms with Gasteiger partial charge in [0.2, 0.25) is 5.91 Å². The maximum absolute atomic E-state index is 12.8. The lowest BCUT2D eigenvalue weighted by Crippen LogP contribution is -2.32. The van der Waals surface area contributed by atoms with E-state index in [4.69, 9.17) is 9.47 Å². The van der Waals surface area contributed by atoms with Crippen LogP contribution in [0.2, 0.25) is 0 Å². The summed E-state index contributed by atoms with van der Waals surface area (Å²) < 4.78 is 12.7. The van der Waals surface area contributed by atoms with Crippen molar-refractivity contribution < 1.29 is 14.3 Å². The average Bonchev–Trinajstić information content (AvgIpc) is 3.16. The SMILES string of the molecule is COc1cc(OC)cc(C(NC(=O)CCC2CCNCC2)c2nccn2C)c1. The molecule has 0 bridgehead atoms. The second-order valence-electron chi connectivity index (χ2n) is 7.27. The number of nitrogens with zero attached hydrogens (tertiary/aromatic N) is 2. The lowest BCUT2D eigenvalue weighted by molar-refractivity contribution is -0.122. The molecule has 0 radical (unpaired) electrons. The number of aryl methyl sites for hydroxylation is 1. The summed E-state index contributed by atoms with van der Waals surface area (Å²) in [4.78, 5) is 17.2. The number of ether oxygens (including phenoxy) is 2. The predicted molar refractivity (Wildman–Crippen MR) is 108 cm³/mol. The summed E-state index contributed by atoms with van der Waals surface area (Å²) in [6.07, 6.45) is 7.34. The van der Waals surface area contributed by atoms with Crippen molar-refractivity contribution in [3.63, 3.8) is 0 Å². The van der Waals surface area contributed by atoms with Crippen LogP contribution in [0.4, 0.5) is 0 Å². The molecule has 7 nitrogen and oxygen atoms in total. The number of amides is 1. The van der Waals surface area contributed by atoms with E-state index >= 15 is 0 Å². The van der Waals surface area contributed by atoms with Crippen molar-refractivity contribution in [2.75, 3.05) is 27.3 Å². The maximum atomic E-state index is 12.8. The highest BCUT2D eigenvalue weighted by Gasteiger charge is 2.23. The molecule has 28 heavy (non-hydrogen) atoms. The molecule has 1 amide bonds. The number of methoxy groups -OCH3 is 2. The van der Waals surface area contributed by atoms with Crippen molar-refractivity contribution in [1.29, 1.82) is 0 Å². The van der Waals surface area contributed by atoms with Gasteiger partial charge in [0.25, 0.3) is 0 Å². The highest BCUT2D eigenvalue weighted by Crippen LogP contribution is 2.29. The topological polar surface area (TPSA) is 77.4 Å². The number of carbonyl (C=O) groups excluding carboxylic acids is 1. The summed E-state index contributed by atoms with van der Waals surface area (Å²) in [6, 6.07) is 5.27. The first-order chi connectivity index (χ1) is 13.6. The molecule has 1 aliphatic heterocycles. The van der Waals surface area contributed by atoms with E-state index in [0.29, 0.717) is 23.8 Å². The molecule has 1 unspecified atom stereocenters. The molecular weight excluding hydrogens is 356 g/mol. The van der Waals surface area contributed by atoms with E-state index in [1.54, 1.807) is 20.4 Å². The van der Waals surface area contributed by atoms with Gasteiger partial charge >= 0.3 is 0 Å². The van der Waals surface area contributed by atoms with Crippen LogP contribution in [0.1, 0.15) is 43.1 Å². The Morgan fingerprint density at radius 2 is 1.93 bits per heavy atom. The zero-order valence-electron chi connectivity index (χ0n) is 16.9. The molecule has 1 saturated heterocycles. The van der Waals surface area contributed by atoms with Crippen molar-refractivity contribution in [3.8, 4) is 11.5 Å². The second kappa shape index (κ2) is 9.59. The third-order valence-electron chi connectivity index (χ3n) is 5.37. The van der Waals surface area contributed by atoms with Crippen molar-refractivity contribution in [1.82, 2.24) is 20.2 Å². The van der Waals surface area contributed by atoms with E-state index in [1.807, 2.05) is 36.0 Å². The highest BCUT2D eigenvalue weighted by atomic mass is 16.5. The van der Waals surface area contributed by atoms with Crippen LogP contribution in [0.15, 0.2) is 30.6 Å². The number of imidazole rings is 1. The number of nitrogens with one attached hydrogen (secondary N) is 2. The molecule has 2 heterocycles. The van der Waals surface area contributed by atoms with Crippen LogP contribution in [0.3, 0.4) is 0 Å². The number of carbonyl (C=O) groups is 1. The Kier molecular flexibility index (Phi) is 6.92. The van der Waals surface area contributed by atoms with Gasteiger partial charge in [0.05, 0.1) is 14.2 Å². The first kappa shape index (κ1) is 20.2. The van der Waals surface area contributed by atoms with Gasteiger partial charge < -0.3 is 24.7 Å². The lowest BCUT2D eigenvalue weighted by atomic mass is 9.93. The zero-order valence-corrected chi connectivity index (χ0v) is 16.9. The summed E-state index contributed by atoms with van der Waals surface area (Å²) in [6.45, 7) is 2.09. The number of hydrogen-bond acceptors (Lipinski definition) is 5. The van der Waals surface area contributed by atoms with Crippen molar-refractivity contribution in [2.45, 2.75) is 31.7 Å². The molecule has 0 saturated carbocycles. The highest BCUT2D eigenvalue weighted by molar-refractivity contribution is 5.76. The van der Waals surface area contributed by atoms with Gasteiger partial charge in [0.15, 0.2) is 0 Å². The molecule has 3 rings (SSSR count). The molecule has 1 aromatic heterocycles. The molecule has 0 spiro atoms. The van der Waals surface area contributed by atoms with Gasteiger partial charge in [-0.05, 0) is 56.0 Å². The minimum Gasteiger partial charge on any atom is -0.497 e. The molecule has 1 aliphatic rings. The Morgan fingerprint density at radius 1 is 1.25 bits per heavy atom. The van der Waals surface area contributed by atoms with Crippen LogP contribution in [0.5, 0.6) is 11.5 Å². The van der Waals surface area contributed by atoms with Crippen LogP contribution >= 0.6 is 0 Å². The first-order valence-electron chi connectivity index (χ1n) is 9.81. The normalized spacial score (nSPS) is 15.8. The summed E-state index contributed by atoms with van der Waals surface area (Å²) >= 11 is 0. The summed E-state index contributed by atoms with van der Waals surface area (Å²) in [7, 11) is 5.16. The maximum Gasteiger partial charge on any atom is 0.220 e. The van der Waals surface area contributed by atoms with Gasteiger partial charge in [0.1, 0.15) is 23.4 Å². The van der Waals surface area contributed by atoms with E-state index < -0.39 is 0 Å². The van der Waals surface area contributed by atoms with E-state index in [0.717, 1.165) is 43.7 Å². The third kappa shape index (κ3) is 5.04. The molecule has 1 aromatic carbocycles. The number of aromatic nitrogens is 2. The lowest BCUT2D eigenvalue weighted by Gasteiger charge is -2.23. The van der Waals surface area contributed by atoms with Gasteiger partial charge in [-0.3, -0.25) is 4.79 Å². The Balaban J connectivity index is 1.78. The van der Waals surface area contributed by atoms with Gasteiger partial charge in [-0.1, -0.05) is 0 Å². The number of hydrogen-bond donors (Lipinski definition) is 2. The van der Waals surface area contributed by atoms with Crippen LogP contribution in [0, 0.1) is 5.92 Å². The molecule has 7 heteroatoms. The Morgan fingerprint density at radius 3 is 2.50 bits per heavy atom. The van der Waals surface area contributed by atoms with Crippen LogP contribution in [-0.4, -0.2) is 42.8 Å². The standard InChI is InChI=1S/C21H30N4O3/c1-25-11-10-23-21(25)20(16-12-17(27-2)14-18(13-16)28-3)24-19(26)5-4-15-6-8-22-9-7-15/h10-15,20,22H,4-9H2,1-3H3,(H,24,26). The number of rotatable bonds is 8. The Bertz CT molecular complexity index is 761. The van der Waals surface area contributed by atoms with Crippen LogP contribution in [0.25, 0.3) is 0 Å². The van der Waals surface area contributed by atoms with Crippen LogP contribution < -0.4 is 20.1 Å². The van der Waals surface area contributed by atoms with E-state index in [2.05, 4.69) is 15.6 Å². The van der Waals surface area contributed by atoms with Gasteiger partial charge in [-0.25, -0.2) is 4.98 Å². The van der Waals surface area contributed by atoms with Gasteiger partial charge in [-0.15, -0.1) is 0 Å². The van der Waals surface area contributed by atoms with Gasteiger partial charge in [-0.2, -0.15) is 0 Å². The Hall–Kier alpha value is -2.54. The van der Waals surface area contributed by atoms with Crippen molar-refractivity contribution in [2.24, 2.45) is 13.0 Å². The minimum absolute atomic E-state index is 0.0355. The number of piperidine rings is 1. The fourth-order valence-electron chi connectivity index (χ4n) is 3.69. The first-order valence-corrected chi connectivity index (χ1v) is 9.81. The van der Waals surface area contributed by atoms with E-state index in [-0.39, 0.29) is 11.9 Å². The third-order valence-corrected chi connectivity index (χ3v) is 5.37. The molecule has 0 aliphatic carbocycles. The fourth-order valence-corrected chi connectivity index (χ4v) is 3.69. The Labute approximate surface area is 166 Å². The molecule has 1 atom stereocenters. The van der Waals surface area contributed by atoms with Crippen molar-refractivity contribution in [3.05, 3.63) is 42.0 Å². The molecular formula is C21H30N4O3. The van der Waals surface area contributed by atoms with E-state index in [1.165, 1.54) is 0 Å². The summed E-state index contributed by atoms with van der Waals surface area (Å²) in [5.41, 5.74) is 0.876. The quantitative estimate of drug-likeness (QED) is 0.729. The fraction of sp³-hybridized carbons (Fsp3) is 0.524. The van der Waals surface area contributed by atoms with Gasteiger partial charge in [0, 0.05) is 31.9 Å². The molecule has 152 valence electrons. The zero-order chi connectivity index (χ0) is 19.9. The number of benzene rings is 1. The largest absolute Gasteiger partial charge is 0.497 e. The molecule has 2 N–H and O–H groups in total. The van der Waals surface area contributed by atoms with E-state index in [9.17, 15) is 4.79 Å². The monoisotopic (exact) mass is 386 g/mol. The average molecular weight is 386 g/mol. The summed E-state index contributed by atoms with van der Waals surface area (Å²) in [5.74, 6) is 2.78. The molecule has 2 aromatic rings. The van der Waals surface area contributed by atoms with Crippen LogP contribution in [-0.2, 0) is 11.8 Å². The smallest absolute Gasteiger partial charge is 0.220 e. The second-order valence-corrected chi connectivity index (χ2v) is 7.27. The predicted octanol–water partition coefficient (Wildman–Crippen LogP) is 2.42.